The lowest BCUT2D eigenvalue weighted by molar-refractivity contribution is 0.410. The molecule has 0 fully saturated rings. The average Bonchev–Trinajstić information content (AvgIpc) is 2.65. The van der Waals surface area contributed by atoms with E-state index in [0.29, 0.717) is 17.4 Å². The number of ether oxygens (including phenoxy) is 1. The van der Waals surface area contributed by atoms with Crippen molar-refractivity contribution in [2.45, 2.75) is 11.6 Å². The fraction of sp³-hybridized carbons (Fsp3) is 0.200. The summed E-state index contributed by atoms with van der Waals surface area (Å²) in [6.45, 7) is 0. The minimum Gasteiger partial charge on any atom is -0.496 e. The van der Waals surface area contributed by atoms with Gasteiger partial charge in [0.25, 0.3) is 0 Å². The highest BCUT2D eigenvalue weighted by Crippen LogP contribution is 2.19. The van der Waals surface area contributed by atoms with Crippen LogP contribution in [0.1, 0.15) is 11.4 Å². The van der Waals surface area contributed by atoms with Crippen LogP contribution in [-0.2, 0) is 6.42 Å². The van der Waals surface area contributed by atoms with E-state index in [2.05, 4.69) is 27.8 Å². The topological polar surface area (TPSA) is 50.8 Å². The normalized spacial score (nSPS) is 10.3. The molecule has 5 heteroatoms. The number of rotatable bonds is 3. The summed E-state index contributed by atoms with van der Waals surface area (Å²) >= 11 is 4.06. The first-order valence-electron chi connectivity index (χ1n) is 4.51. The molecule has 0 radical (unpaired) electrons. The molecule has 1 N–H and O–H groups in total. The summed E-state index contributed by atoms with van der Waals surface area (Å²) in [5.74, 6) is 1.56. The standard InChI is InChI=1S/C10H11N3OS/c1-14-8-5-3-2-4-7(8)6-9-11-10(15)13-12-9/h2-5H,6H2,1H3,(H2,11,12,13,15). The number of benzene rings is 1. The zero-order chi connectivity index (χ0) is 10.7. The molecule has 0 aliphatic heterocycles. The van der Waals surface area contributed by atoms with Gasteiger partial charge in [0.2, 0.25) is 0 Å². The van der Waals surface area contributed by atoms with E-state index in [9.17, 15) is 0 Å². The van der Waals surface area contributed by atoms with Gasteiger partial charge in [0.1, 0.15) is 5.75 Å². The molecule has 0 aliphatic rings. The van der Waals surface area contributed by atoms with Gasteiger partial charge in [-0.05, 0) is 6.07 Å². The van der Waals surface area contributed by atoms with E-state index in [1.165, 1.54) is 0 Å². The van der Waals surface area contributed by atoms with Crippen LogP contribution in [0.25, 0.3) is 0 Å². The van der Waals surface area contributed by atoms with E-state index in [4.69, 9.17) is 4.74 Å². The van der Waals surface area contributed by atoms with Crippen molar-refractivity contribution in [2.75, 3.05) is 7.11 Å². The predicted molar refractivity (Wildman–Crippen MR) is 59.4 cm³/mol. The third-order valence-electron chi connectivity index (χ3n) is 2.06. The van der Waals surface area contributed by atoms with E-state index >= 15 is 0 Å². The number of para-hydroxylation sites is 1. The lowest BCUT2D eigenvalue weighted by Gasteiger charge is -2.05. The molecule has 2 aromatic rings. The SMILES string of the molecule is COc1ccccc1Cc1n[nH]c(S)n1. The maximum atomic E-state index is 5.24. The quantitative estimate of drug-likeness (QED) is 0.775. The molecule has 1 aromatic carbocycles. The molecular weight excluding hydrogens is 210 g/mol. The van der Waals surface area contributed by atoms with Gasteiger partial charge in [0.15, 0.2) is 11.0 Å². The summed E-state index contributed by atoms with van der Waals surface area (Å²) in [4.78, 5) is 4.12. The van der Waals surface area contributed by atoms with Crippen molar-refractivity contribution in [1.29, 1.82) is 0 Å². The van der Waals surface area contributed by atoms with E-state index in [1.807, 2.05) is 24.3 Å². The molecule has 2 rings (SSSR count). The second-order valence-corrected chi connectivity index (χ2v) is 3.49. The van der Waals surface area contributed by atoms with Crippen molar-refractivity contribution in [1.82, 2.24) is 15.2 Å². The molecule has 78 valence electrons. The number of nitrogens with one attached hydrogen (secondary N) is 1. The zero-order valence-electron chi connectivity index (χ0n) is 8.27. The third-order valence-corrected chi connectivity index (χ3v) is 2.26. The molecule has 1 heterocycles. The first kappa shape index (κ1) is 10.0. The van der Waals surface area contributed by atoms with Gasteiger partial charge < -0.3 is 4.74 Å². The second kappa shape index (κ2) is 4.35. The number of hydrogen-bond donors (Lipinski definition) is 2. The number of aromatic nitrogens is 3. The summed E-state index contributed by atoms with van der Waals surface area (Å²) in [5, 5.41) is 7.23. The highest BCUT2D eigenvalue weighted by Gasteiger charge is 2.06. The van der Waals surface area contributed by atoms with Crippen LogP contribution in [0.3, 0.4) is 0 Å². The Balaban J connectivity index is 2.23. The molecule has 15 heavy (non-hydrogen) atoms. The molecule has 1 aromatic heterocycles. The van der Waals surface area contributed by atoms with Gasteiger partial charge >= 0.3 is 0 Å². The van der Waals surface area contributed by atoms with Crippen LogP contribution in [-0.4, -0.2) is 22.3 Å². The summed E-state index contributed by atoms with van der Waals surface area (Å²) in [5.41, 5.74) is 1.06. The van der Waals surface area contributed by atoms with Gasteiger partial charge in [0.05, 0.1) is 7.11 Å². The van der Waals surface area contributed by atoms with Crippen molar-refractivity contribution in [2.24, 2.45) is 0 Å². The van der Waals surface area contributed by atoms with Crippen LogP contribution < -0.4 is 4.74 Å². The molecule has 0 atom stereocenters. The van der Waals surface area contributed by atoms with Crippen LogP contribution in [0, 0.1) is 0 Å². The maximum Gasteiger partial charge on any atom is 0.180 e. The molecule has 0 aliphatic carbocycles. The Kier molecular flexibility index (Phi) is 2.91. The van der Waals surface area contributed by atoms with Gasteiger partial charge in [-0.1, -0.05) is 18.2 Å². The second-order valence-electron chi connectivity index (χ2n) is 3.06. The predicted octanol–water partition coefficient (Wildman–Crippen LogP) is 1.69. The van der Waals surface area contributed by atoms with E-state index < -0.39 is 0 Å². The summed E-state index contributed by atoms with van der Waals surface area (Å²) in [6.07, 6.45) is 0.640. The average molecular weight is 221 g/mol. The molecule has 0 bridgehead atoms. The van der Waals surface area contributed by atoms with Crippen LogP contribution >= 0.6 is 12.6 Å². The zero-order valence-corrected chi connectivity index (χ0v) is 9.16. The molecule has 0 unspecified atom stereocenters. The Morgan fingerprint density at radius 3 is 2.87 bits per heavy atom. The number of hydrogen-bond acceptors (Lipinski definition) is 4. The summed E-state index contributed by atoms with van der Waals surface area (Å²) in [7, 11) is 1.65. The highest BCUT2D eigenvalue weighted by molar-refractivity contribution is 7.80. The monoisotopic (exact) mass is 221 g/mol. The Morgan fingerprint density at radius 1 is 1.40 bits per heavy atom. The number of aromatic amines is 1. The largest absolute Gasteiger partial charge is 0.496 e. The fourth-order valence-electron chi connectivity index (χ4n) is 1.39. The Morgan fingerprint density at radius 2 is 2.20 bits per heavy atom. The van der Waals surface area contributed by atoms with Crippen molar-refractivity contribution in [3.63, 3.8) is 0 Å². The van der Waals surface area contributed by atoms with E-state index in [0.717, 1.165) is 11.3 Å². The molecule has 0 saturated heterocycles. The molecule has 0 spiro atoms. The summed E-state index contributed by atoms with van der Waals surface area (Å²) < 4.78 is 5.24. The highest BCUT2D eigenvalue weighted by atomic mass is 32.1. The minimum absolute atomic E-state index is 0.528. The lowest BCUT2D eigenvalue weighted by atomic mass is 10.1. The van der Waals surface area contributed by atoms with Gasteiger partial charge in [0, 0.05) is 12.0 Å². The molecule has 0 amide bonds. The fourth-order valence-corrected chi connectivity index (χ4v) is 1.55. The van der Waals surface area contributed by atoms with Crippen molar-refractivity contribution in [3.8, 4) is 5.75 Å². The Bertz CT molecular complexity index is 455. The van der Waals surface area contributed by atoms with Crippen LogP contribution in [0.2, 0.25) is 0 Å². The van der Waals surface area contributed by atoms with Gasteiger partial charge in [-0.3, -0.25) is 5.10 Å². The van der Waals surface area contributed by atoms with Crippen molar-refractivity contribution in [3.05, 3.63) is 35.7 Å². The lowest BCUT2D eigenvalue weighted by Crippen LogP contribution is -1.95. The van der Waals surface area contributed by atoms with Crippen LogP contribution in [0.4, 0.5) is 0 Å². The van der Waals surface area contributed by atoms with Gasteiger partial charge in [-0.15, -0.1) is 12.6 Å². The minimum atomic E-state index is 0.528. The smallest absolute Gasteiger partial charge is 0.180 e. The number of thiol groups is 1. The Hall–Kier alpha value is -1.49. The third kappa shape index (κ3) is 2.30. The molecule has 0 saturated carbocycles. The summed E-state index contributed by atoms with van der Waals surface area (Å²) in [6, 6.07) is 7.81. The van der Waals surface area contributed by atoms with Crippen molar-refractivity contribution < 1.29 is 4.74 Å². The number of nitrogens with zero attached hydrogens (tertiary/aromatic N) is 2. The number of methoxy groups -OCH3 is 1. The first-order valence-corrected chi connectivity index (χ1v) is 4.96. The first-order chi connectivity index (χ1) is 7.29. The van der Waals surface area contributed by atoms with E-state index in [-0.39, 0.29) is 0 Å². The molecular formula is C10H11N3OS. The Labute approximate surface area is 93.1 Å². The van der Waals surface area contributed by atoms with Crippen LogP contribution in [0.15, 0.2) is 29.4 Å². The van der Waals surface area contributed by atoms with Gasteiger partial charge in [-0.2, -0.15) is 5.10 Å². The van der Waals surface area contributed by atoms with Gasteiger partial charge in [-0.25, -0.2) is 4.98 Å². The van der Waals surface area contributed by atoms with E-state index in [1.54, 1.807) is 7.11 Å². The van der Waals surface area contributed by atoms with Crippen LogP contribution in [0.5, 0.6) is 5.75 Å². The molecule has 4 nitrogen and oxygen atoms in total. The number of H-pyrrole nitrogens is 1. The maximum absolute atomic E-state index is 5.24. The van der Waals surface area contributed by atoms with Crippen molar-refractivity contribution >= 4 is 12.6 Å².